The van der Waals surface area contributed by atoms with Crippen LogP contribution >= 0.6 is 22.9 Å². The van der Waals surface area contributed by atoms with E-state index in [4.69, 9.17) is 11.6 Å². The van der Waals surface area contributed by atoms with Crippen LogP contribution in [0.5, 0.6) is 0 Å². The third kappa shape index (κ3) is 3.28. The van der Waals surface area contributed by atoms with Crippen LogP contribution < -0.4 is 5.32 Å². The topological polar surface area (TPSA) is 24.9 Å². The van der Waals surface area contributed by atoms with Crippen molar-refractivity contribution in [2.45, 2.75) is 19.4 Å². The number of rotatable bonds is 4. The van der Waals surface area contributed by atoms with Crippen LogP contribution in [0.2, 0.25) is 5.02 Å². The summed E-state index contributed by atoms with van der Waals surface area (Å²) in [6.07, 6.45) is 0.903. The highest BCUT2D eigenvalue weighted by molar-refractivity contribution is 7.09. The van der Waals surface area contributed by atoms with Crippen molar-refractivity contribution in [3.05, 3.63) is 50.9 Å². The number of halogens is 1. The first-order valence-corrected chi connectivity index (χ1v) is 6.78. The highest BCUT2D eigenvalue weighted by Gasteiger charge is 2.13. The zero-order valence-corrected chi connectivity index (χ0v) is 11.5. The molecular formula is C13H15ClN2S. The molecular weight excluding hydrogens is 252 g/mol. The zero-order valence-electron chi connectivity index (χ0n) is 9.90. The van der Waals surface area contributed by atoms with E-state index in [1.807, 2.05) is 32.2 Å². The van der Waals surface area contributed by atoms with Gasteiger partial charge in [-0.05, 0) is 38.1 Å². The van der Waals surface area contributed by atoms with Crippen LogP contribution in [-0.2, 0) is 6.42 Å². The molecule has 0 aliphatic heterocycles. The highest BCUT2D eigenvalue weighted by atomic mass is 35.5. The molecule has 1 heterocycles. The summed E-state index contributed by atoms with van der Waals surface area (Å²) in [6, 6.07) is 8.22. The highest BCUT2D eigenvalue weighted by Crippen LogP contribution is 2.21. The number of nitrogens with zero attached hydrogens (tertiary/aromatic N) is 1. The van der Waals surface area contributed by atoms with Gasteiger partial charge in [0.2, 0.25) is 0 Å². The van der Waals surface area contributed by atoms with Gasteiger partial charge >= 0.3 is 0 Å². The minimum atomic E-state index is 0.249. The fourth-order valence-electron chi connectivity index (χ4n) is 1.79. The molecule has 0 aliphatic rings. The number of thiazole rings is 1. The second kappa shape index (κ2) is 5.63. The van der Waals surface area contributed by atoms with Gasteiger partial charge in [0.25, 0.3) is 0 Å². The fourth-order valence-corrected chi connectivity index (χ4v) is 2.67. The molecule has 0 aliphatic carbocycles. The molecule has 1 unspecified atom stereocenters. The van der Waals surface area contributed by atoms with E-state index >= 15 is 0 Å². The minimum absolute atomic E-state index is 0.249. The van der Waals surface area contributed by atoms with E-state index in [1.54, 1.807) is 11.3 Å². The molecule has 1 atom stereocenters. The Labute approximate surface area is 111 Å². The van der Waals surface area contributed by atoms with E-state index in [-0.39, 0.29) is 6.04 Å². The lowest BCUT2D eigenvalue weighted by atomic mass is 10.0. The quantitative estimate of drug-likeness (QED) is 0.915. The average molecular weight is 267 g/mol. The van der Waals surface area contributed by atoms with Crippen molar-refractivity contribution in [1.82, 2.24) is 10.3 Å². The van der Waals surface area contributed by atoms with Crippen LogP contribution in [-0.4, -0.2) is 12.0 Å². The summed E-state index contributed by atoms with van der Waals surface area (Å²) in [7, 11) is 1.96. The van der Waals surface area contributed by atoms with Crippen molar-refractivity contribution in [2.24, 2.45) is 0 Å². The van der Waals surface area contributed by atoms with Crippen LogP contribution in [0.3, 0.4) is 0 Å². The monoisotopic (exact) mass is 266 g/mol. The second-order valence-electron chi connectivity index (χ2n) is 3.97. The molecule has 1 N–H and O–H groups in total. The van der Waals surface area contributed by atoms with E-state index in [0.29, 0.717) is 0 Å². The third-order valence-electron chi connectivity index (χ3n) is 2.67. The van der Waals surface area contributed by atoms with E-state index in [1.165, 1.54) is 5.56 Å². The Hall–Kier alpha value is -0.900. The molecule has 90 valence electrons. The summed E-state index contributed by atoms with van der Waals surface area (Å²) in [5.74, 6) is 0. The molecule has 0 fully saturated rings. The summed E-state index contributed by atoms with van der Waals surface area (Å²) in [5, 5.41) is 7.30. The number of benzene rings is 1. The summed E-state index contributed by atoms with van der Waals surface area (Å²) < 4.78 is 0. The van der Waals surface area contributed by atoms with Gasteiger partial charge in [-0.3, -0.25) is 0 Å². The van der Waals surface area contributed by atoms with Gasteiger partial charge in [-0.25, -0.2) is 4.98 Å². The van der Waals surface area contributed by atoms with Crippen molar-refractivity contribution in [3.63, 3.8) is 0 Å². The predicted molar refractivity (Wildman–Crippen MR) is 73.8 cm³/mol. The fraction of sp³-hybridized carbons (Fsp3) is 0.308. The molecule has 0 amide bonds. The number of likely N-dealkylation sites (N-methyl/N-ethyl adjacent to an activating group) is 1. The van der Waals surface area contributed by atoms with Crippen LogP contribution in [0.15, 0.2) is 29.6 Å². The number of hydrogen-bond donors (Lipinski definition) is 1. The molecule has 2 rings (SSSR count). The molecule has 1 aromatic heterocycles. The van der Waals surface area contributed by atoms with Crippen LogP contribution in [0.4, 0.5) is 0 Å². The van der Waals surface area contributed by atoms with Gasteiger partial charge < -0.3 is 5.32 Å². The summed E-state index contributed by atoms with van der Waals surface area (Å²) in [4.78, 5) is 4.52. The van der Waals surface area contributed by atoms with Crippen molar-refractivity contribution < 1.29 is 0 Å². The van der Waals surface area contributed by atoms with Gasteiger partial charge in [0.15, 0.2) is 0 Å². The Bertz CT molecular complexity index is 496. The van der Waals surface area contributed by atoms with Gasteiger partial charge in [-0.1, -0.05) is 23.7 Å². The van der Waals surface area contributed by atoms with E-state index < -0.39 is 0 Å². The van der Waals surface area contributed by atoms with E-state index in [9.17, 15) is 0 Å². The molecule has 1 aromatic carbocycles. The number of aryl methyl sites for hydroxylation is 1. The van der Waals surface area contributed by atoms with Gasteiger partial charge in [0.05, 0.1) is 16.7 Å². The van der Waals surface area contributed by atoms with Crippen LogP contribution in [0, 0.1) is 6.92 Å². The zero-order chi connectivity index (χ0) is 12.3. The van der Waals surface area contributed by atoms with Crippen molar-refractivity contribution >= 4 is 22.9 Å². The lowest BCUT2D eigenvalue weighted by Crippen LogP contribution is -2.19. The number of hydrogen-bond acceptors (Lipinski definition) is 3. The van der Waals surface area contributed by atoms with Gasteiger partial charge in [0.1, 0.15) is 0 Å². The summed E-state index contributed by atoms with van der Waals surface area (Å²) in [6.45, 7) is 2.03. The second-order valence-corrected chi connectivity index (χ2v) is 5.47. The lowest BCUT2D eigenvalue weighted by Gasteiger charge is -2.14. The van der Waals surface area contributed by atoms with E-state index in [0.717, 1.165) is 22.1 Å². The predicted octanol–water partition coefficient (Wildman–Crippen LogP) is 3.61. The number of aromatic nitrogens is 1. The minimum Gasteiger partial charge on any atom is -0.311 e. The van der Waals surface area contributed by atoms with Gasteiger partial charge in [0, 0.05) is 10.4 Å². The first-order chi connectivity index (χ1) is 8.19. The largest absolute Gasteiger partial charge is 0.311 e. The van der Waals surface area contributed by atoms with Crippen LogP contribution in [0.25, 0.3) is 0 Å². The van der Waals surface area contributed by atoms with Gasteiger partial charge in [-0.15, -0.1) is 11.3 Å². The first-order valence-electron chi connectivity index (χ1n) is 5.53. The Morgan fingerprint density at radius 2 is 2.29 bits per heavy atom. The maximum absolute atomic E-state index is 5.99. The SMILES string of the molecule is CNC(Cc1cccc(Cl)c1)c1csc(C)n1. The Morgan fingerprint density at radius 3 is 2.88 bits per heavy atom. The molecule has 0 saturated heterocycles. The molecule has 0 radical (unpaired) electrons. The maximum Gasteiger partial charge on any atom is 0.0898 e. The van der Waals surface area contributed by atoms with Gasteiger partial charge in [-0.2, -0.15) is 0 Å². The number of nitrogens with one attached hydrogen (secondary N) is 1. The standard InChI is InChI=1S/C13H15ClN2S/c1-9-16-13(8-17-9)12(15-2)7-10-4-3-5-11(14)6-10/h3-6,8,12,15H,7H2,1-2H3. The Morgan fingerprint density at radius 1 is 1.47 bits per heavy atom. The molecule has 0 saturated carbocycles. The first kappa shape index (κ1) is 12.6. The van der Waals surface area contributed by atoms with Crippen molar-refractivity contribution in [3.8, 4) is 0 Å². The molecule has 2 nitrogen and oxygen atoms in total. The van der Waals surface area contributed by atoms with Crippen molar-refractivity contribution in [1.29, 1.82) is 0 Å². The molecule has 0 spiro atoms. The van der Waals surface area contributed by atoms with Crippen molar-refractivity contribution in [2.75, 3.05) is 7.05 Å². The van der Waals surface area contributed by atoms with Crippen LogP contribution in [0.1, 0.15) is 22.3 Å². The maximum atomic E-state index is 5.99. The summed E-state index contributed by atoms with van der Waals surface area (Å²) in [5.41, 5.74) is 2.33. The Balaban J connectivity index is 2.15. The van der Waals surface area contributed by atoms with E-state index in [2.05, 4.69) is 21.7 Å². The molecule has 0 bridgehead atoms. The lowest BCUT2D eigenvalue weighted by molar-refractivity contribution is 0.578. The third-order valence-corrected chi connectivity index (χ3v) is 3.70. The smallest absolute Gasteiger partial charge is 0.0898 e. The molecule has 17 heavy (non-hydrogen) atoms. The summed E-state index contributed by atoms with van der Waals surface area (Å²) >= 11 is 7.67. The molecule has 2 aromatic rings. The molecule has 4 heteroatoms. The normalized spacial score (nSPS) is 12.6. The average Bonchev–Trinajstić information content (AvgIpc) is 2.73. The Kier molecular flexibility index (Phi) is 4.15.